The highest BCUT2D eigenvalue weighted by Gasteiger charge is 2.36. The molecule has 0 spiro atoms. The lowest BCUT2D eigenvalue weighted by atomic mass is 10.1. The maximum absolute atomic E-state index is 11.9. The summed E-state index contributed by atoms with van der Waals surface area (Å²) >= 11 is 11.6. The number of ether oxygens (including phenoxy) is 1. The Labute approximate surface area is 119 Å². The molecule has 0 aromatic heterocycles. The molecule has 0 unspecified atom stereocenters. The van der Waals surface area contributed by atoms with Gasteiger partial charge in [0, 0.05) is 18.7 Å². The molecule has 1 N–H and O–H groups in total. The summed E-state index contributed by atoms with van der Waals surface area (Å²) in [6.45, 7) is 0.211. The van der Waals surface area contributed by atoms with E-state index in [9.17, 15) is 14.7 Å². The molecule has 1 atom stereocenters. The van der Waals surface area contributed by atoms with Gasteiger partial charge in [-0.05, 0) is 12.1 Å². The van der Waals surface area contributed by atoms with Crippen LogP contribution in [0.25, 0.3) is 0 Å². The molecule has 1 amide bonds. The zero-order chi connectivity index (χ0) is 14.2. The zero-order valence-corrected chi connectivity index (χ0v) is 11.5. The van der Waals surface area contributed by atoms with E-state index in [0.29, 0.717) is 5.69 Å². The number of phenolic OH excluding ortho intramolecular Hbond substituents is 1. The summed E-state index contributed by atoms with van der Waals surface area (Å²) < 4.78 is 4.62. The summed E-state index contributed by atoms with van der Waals surface area (Å²) in [5.41, 5.74) is 0.448. The Kier molecular flexibility index (Phi) is 3.87. The molecule has 1 fully saturated rings. The van der Waals surface area contributed by atoms with Gasteiger partial charge in [-0.15, -0.1) is 0 Å². The minimum atomic E-state index is -0.496. The van der Waals surface area contributed by atoms with Crippen LogP contribution in [-0.2, 0) is 14.3 Å². The molecule has 1 aromatic carbocycles. The number of rotatable bonds is 2. The third kappa shape index (κ3) is 2.62. The second-order valence-electron chi connectivity index (χ2n) is 4.19. The lowest BCUT2D eigenvalue weighted by molar-refractivity contribution is -0.145. The Balaban J connectivity index is 2.28. The second-order valence-corrected chi connectivity index (χ2v) is 5.00. The Hall–Kier alpha value is -1.46. The van der Waals surface area contributed by atoms with Gasteiger partial charge in [-0.1, -0.05) is 23.2 Å². The second kappa shape index (κ2) is 5.27. The molecule has 1 aromatic rings. The predicted molar refractivity (Wildman–Crippen MR) is 70.6 cm³/mol. The fourth-order valence-corrected chi connectivity index (χ4v) is 2.47. The SMILES string of the molecule is COC(=O)[C@H]1CC(=O)N(c2cc(Cl)c(O)c(Cl)c2)C1. The number of benzene rings is 1. The van der Waals surface area contributed by atoms with E-state index in [1.54, 1.807) is 0 Å². The monoisotopic (exact) mass is 303 g/mol. The first-order valence-corrected chi connectivity index (χ1v) is 6.25. The van der Waals surface area contributed by atoms with Gasteiger partial charge in [-0.2, -0.15) is 0 Å². The molecule has 1 aliphatic rings. The summed E-state index contributed by atoms with van der Waals surface area (Å²) in [4.78, 5) is 24.7. The highest BCUT2D eigenvalue weighted by Crippen LogP contribution is 2.37. The fourth-order valence-electron chi connectivity index (χ4n) is 1.99. The van der Waals surface area contributed by atoms with E-state index in [4.69, 9.17) is 23.2 Å². The number of carbonyl (C=O) groups excluding carboxylic acids is 2. The first kappa shape index (κ1) is 14.0. The standard InChI is InChI=1S/C12H11Cl2NO4/c1-19-12(18)6-2-10(16)15(5-6)7-3-8(13)11(17)9(14)4-7/h3-4,6,17H,2,5H2,1H3/t6-/m0/s1. The number of hydrogen-bond donors (Lipinski definition) is 1. The molecular weight excluding hydrogens is 293 g/mol. The van der Waals surface area contributed by atoms with Crippen LogP contribution in [0.2, 0.25) is 10.0 Å². The van der Waals surface area contributed by atoms with E-state index in [0.717, 1.165) is 0 Å². The van der Waals surface area contributed by atoms with Crippen LogP contribution in [0.5, 0.6) is 5.75 Å². The van der Waals surface area contributed by atoms with Crippen LogP contribution >= 0.6 is 23.2 Å². The lowest BCUT2D eigenvalue weighted by Gasteiger charge is -2.17. The quantitative estimate of drug-likeness (QED) is 0.851. The van der Waals surface area contributed by atoms with E-state index >= 15 is 0 Å². The summed E-state index contributed by atoms with van der Waals surface area (Å²) in [5.74, 6) is -1.37. The van der Waals surface area contributed by atoms with Gasteiger partial charge in [-0.25, -0.2) is 0 Å². The van der Waals surface area contributed by atoms with Crippen molar-refractivity contribution in [2.75, 3.05) is 18.6 Å². The molecule has 0 bridgehead atoms. The number of carbonyl (C=O) groups is 2. The highest BCUT2D eigenvalue weighted by molar-refractivity contribution is 6.37. The largest absolute Gasteiger partial charge is 0.505 e. The van der Waals surface area contributed by atoms with Crippen LogP contribution in [0.4, 0.5) is 5.69 Å². The molecule has 1 heterocycles. The van der Waals surface area contributed by atoms with Crippen LogP contribution in [0.15, 0.2) is 12.1 Å². The van der Waals surface area contributed by atoms with E-state index in [-0.39, 0.29) is 34.7 Å². The summed E-state index contributed by atoms with van der Waals surface area (Å²) in [6.07, 6.45) is 0.0861. The van der Waals surface area contributed by atoms with Crippen molar-refractivity contribution in [1.29, 1.82) is 0 Å². The molecule has 7 heteroatoms. The molecule has 0 aliphatic carbocycles. The number of anilines is 1. The topological polar surface area (TPSA) is 66.8 Å². The highest BCUT2D eigenvalue weighted by atomic mass is 35.5. The van der Waals surface area contributed by atoms with Gasteiger partial charge in [0.1, 0.15) is 0 Å². The Morgan fingerprint density at radius 3 is 2.53 bits per heavy atom. The summed E-state index contributed by atoms with van der Waals surface area (Å²) in [5, 5.41) is 9.58. The van der Waals surface area contributed by atoms with E-state index < -0.39 is 11.9 Å². The van der Waals surface area contributed by atoms with Crippen LogP contribution in [-0.4, -0.2) is 30.6 Å². The average Bonchev–Trinajstić information content (AvgIpc) is 2.76. The van der Waals surface area contributed by atoms with Gasteiger partial charge in [0.25, 0.3) is 0 Å². The van der Waals surface area contributed by atoms with Gasteiger partial charge in [0.05, 0.1) is 23.1 Å². The van der Waals surface area contributed by atoms with Crippen molar-refractivity contribution < 1.29 is 19.4 Å². The van der Waals surface area contributed by atoms with Gasteiger partial charge >= 0.3 is 5.97 Å². The van der Waals surface area contributed by atoms with Gasteiger partial charge in [0.15, 0.2) is 5.75 Å². The molecule has 1 aliphatic heterocycles. The van der Waals surface area contributed by atoms with Crippen LogP contribution in [0.3, 0.4) is 0 Å². The molecule has 0 radical (unpaired) electrons. The van der Waals surface area contributed by atoms with Crippen molar-refractivity contribution >= 4 is 40.8 Å². The van der Waals surface area contributed by atoms with Gasteiger partial charge in [-0.3, -0.25) is 9.59 Å². The minimum Gasteiger partial charge on any atom is -0.505 e. The van der Waals surface area contributed by atoms with E-state index in [1.807, 2.05) is 0 Å². The lowest BCUT2D eigenvalue weighted by Crippen LogP contribution is -2.26. The zero-order valence-electron chi connectivity index (χ0n) is 10.0. The molecule has 1 saturated heterocycles. The normalized spacial score (nSPS) is 18.8. The average molecular weight is 304 g/mol. The van der Waals surface area contributed by atoms with Gasteiger partial charge in [0.2, 0.25) is 5.91 Å². The third-order valence-corrected chi connectivity index (χ3v) is 3.55. The minimum absolute atomic E-state index is 0.0526. The van der Waals surface area contributed by atoms with Crippen molar-refractivity contribution in [3.63, 3.8) is 0 Å². The maximum Gasteiger partial charge on any atom is 0.311 e. The van der Waals surface area contributed by atoms with Crippen LogP contribution in [0.1, 0.15) is 6.42 Å². The molecule has 19 heavy (non-hydrogen) atoms. The van der Waals surface area contributed by atoms with Crippen molar-refractivity contribution in [3.05, 3.63) is 22.2 Å². The number of esters is 1. The number of phenols is 1. The Bertz CT molecular complexity index is 524. The summed E-state index contributed by atoms with van der Waals surface area (Å²) in [6, 6.07) is 2.86. The first-order valence-electron chi connectivity index (χ1n) is 5.50. The number of halogens is 2. The summed E-state index contributed by atoms with van der Waals surface area (Å²) in [7, 11) is 1.28. The molecular formula is C12H11Cl2NO4. The van der Waals surface area contributed by atoms with Crippen LogP contribution in [0, 0.1) is 5.92 Å². The molecule has 5 nitrogen and oxygen atoms in total. The van der Waals surface area contributed by atoms with Crippen LogP contribution < -0.4 is 4.90 Å². The predicted octanol–water partition coefficient (Wildman–Crippen LogP) is 2.22. The maximum atomic E-state index is 11.9. The Morgan fingerprint density at radius 1 is 1.42 bits per heavy atom. The van der Waals surface area contributed by atoms with E-state index in [1.165, 1.54) is 24.1 Å². The third-order valence-electron chi connectivity index (χ3n) is 2.97. The smallest absolute Gasteiger partial charge is 0.311 e. The fraction of sp³-hybridized carbons (Fsp3) is 0.333. The molecule has 102 valence electrons. The number of methoxy groups -OCH3 is 1. The molecule has 2 rings (SSSR count). The van der Waals surface area contributed by atoms with Crippen molar-refractivity contribution in [2.45, 2.75) is 6.42 Å². The van der Waals surface area contributed by atoms with Crippen molar-refractivity contribution in [2.24, 2.45) is 5.92 Å². The van der Waals surface area contributed by atoms with Crippen molar-refractivity contribution in [3.8, 4) is 5.75 Å². The number of amides is 1. The van der Waals surface area contributed by atoms with Gasteiger partial charge < -0.3 is 14.7 Å². The number of hydrogen-bond acceptors (Lipinski definition) is 4. The first-order chi connectivity index (χ1) is 8.93. The van der Waals surface area contributed by atoms with Crippen molar-refractivity contribution in [1.82, 2.24) is 0 Å². The van der Waals surface area contributed by atoms with E-state index in [2.05, 4.69) is 4.74 Å². The Morgan fingerprint density at radius 2 is 2.00 bits per heavy atom. The molecule has 0 saturated carbocycles. The number of nitrogens with zero attached hydrogens (tertiary/aromatic N) is 1. The number of aromatic hydroxyl groups is 1.